The number of nitrogens with one attached hydrogen (secondary N) is 1. The lowest BCUT2D eigenvalue weighted by Crippen LogP contribution is -2.24. The number of hydrogen-bond acceptors (Lipinski definition) is 2. The Morgan fingerprint density at radius 2 is 2.00 bits per heavy atom. The molecule has 0 saturated carbocycles. The minimum atomic E-state index is 0.524. The smallest absolute Gasteiger partial charge is 0.0510 e. The number of halogens is 1. The van der Waals surface area contributed by atoms with Crippen molar-refractivity contribution in [2.45, 2.75) is 46.7 Å². The molecule has 18 heavy (non-hydrogen) atoms. The van der Waals surface area contributed by atoms with Crippen LogP contribution in [-0.4, -0.2) is 19.1 Å². The molecule has 1 aromatic carbocycles. The van der Waals surface area contributed by atoms with Crippen LogP contribution in [0.2, 0.25) is 0 Å². The normalized spacial score (nSPS) is 11.0. The minimum Gasteiger partial charge on any atom is -0.371 e. The zero-order chi connectivity index (χ0) is 13.5. The maximum absolute atomic E-state index is 3.70. The van der Waals surface area contributed by atoms with Crippen LogP contribution in [0.1, 0.15) is 39.7 Å². The number of hydrogen-bond donors (Lipinski definition) is 1. The number of anilines is 1. The van der Waals surface area contributed by atoms with E-state index in [4.69, 9.17) is 0 Å². The molecule has 0 atom stereocenters. The Morgan fingerprint density at radius 3 is 2.50 bits per heavy atom. The number of benzene rings is 1. The molecule has 0 spiro atoms. The van der Waals surface area contributed by atoms with Crippen molar-refractivity contribution in [1.82, 2.24) is 5.32 Å². The van der Waals surface area contributed by atoms with Crippen LogP contribution < -0.4 is 10.2 Å². The Kier molecular flexibility index (Phi) is 6.72. The van der Waals surface area contributed by atoms with E-state index >= 15 is 0 Å². The highest BCUT2D eigenvalue weighted by molar-refractivity contribution is 9.10. The molecule has 0 aliphatic carbocycles. The lowest BCUT2D eigenvalue weighted by Gasteiger charge is -2.24. The second kappa shape index (κ2) is 7.80. The van der Waals surface area contributed by atoms with E-state index in [0.29, 0.717) is 6.04 Å². The standard InChI is InChI=1S/C15H25BrN2/c1-5-9-18(6-2)15-8-7-13(10-14(15)16)11-17-12(3)4/h7-8,10,12,17H,5-6,9,11H2,1-4H3. The molecular weight excluding hydrogens is 288 g/mol. The first kappa shape index (κ1) is 15.5. The largest absolute Gasteiger partial charge is 0.371 e. The topological polar surface area (TPSA) is 15.3 Å². The van der Waals surface area contributed by atoms with Crippen LogP contribution in [0.3, 0.4) is 0 Å². The summed E-state index contributed by atoms with van der Waals surface area (Å²) in [7, 11) is 0. The molecule has 1 N–H and O–H groups in total. The molecule has 0 fully saturated rings. The van der Waals surface area contributed by atoms with Gasteiger partial charge in [0.05, 0.1) is 5.69 Å². The van der Waals surface area contributed by atoms with Crippen molar-refractivity contribution in [3.8, 4) is 0 Å². The SMILES string of the molecule is CCCN(CC)c1ccc(CNC(C)C)cc1Br. The molecule has 0 aliphatic rings. The summed E-state index contributed by atoms with van der Waals surface area (Å²) >= 11 is 3.70. The molecule has 1 rings (SSSR count). The molecule has 0 saturated heterocycles. The quantitative estimate of drug-likeness (QED) is 0.812. The van der Waals surface area contributed by atoms with Crippen molar-refractivity contribution < 1.29 is 0 Å². The maximum Gasteiger partial charge on any atom is 0.0510 e. The molecule has 2 nitrogen and oxygen atoms in total. The van der Waals surface area contributed by atoms with Gasteiger partial charge in [-0.05, 0) is 47.0 Å². The molecular formula is C15H25BrN2. The van der Waals surface area contributed by atoms with Crippen LogP contribution in [0.4, 0.5) is 5.69 Å². The van der Waals surface area contributed by atoms with Crippen LogP contribution >= 0.6 is 15.9 Å². The fraction of sp³-hybridized carbons (Fsp3) is 0.600. The van der Waals surface area contributed by atoms with E-state index in [1.54, 1.807) is 0 Å². The molecule has 3 heteroatoms. The van der Waals surface area contributed by atoms with E-state index in [1.807, 2.05) is 0 Å². The summed E-state index contributed by atoms with van der Waals surface area (Å²) in [5.74, 6) is 0. The van der Waals surface area contributed by atoms with Gasteiger partial charge in [-0.2, -0.15) is 0 Å². The number of nitrogens with zero attached hydrogens (tertiary/aromatic N) is 1. The first-order valence-corrected chi connectivity index (χ1v) is 7.64. The van der Waals surface area contributed by atoms with Crippen molar-refractivity contribution in [2.75, 3.05) is 18.0 Å². The predicted molar refractivity (Wildman–Crippen MR) is 84.3 cm³/mol. The van der Waals surface area contributed by atoms with E-state index in [0.717, 1.165) is 19.6 Å². The van der Waals surface area contributed by atoms with E-state index in [9.17, 15) is 0 Å². The summed E-state index contributed by atoms with van der Waals surface area (Å²) in [6.45, 7) is 11.9. The average molecular weight is 313 g/mol. The van der Waals surface area contributed by atoms with Gasteiger partial charge >= 0.3 is 0 Å². The van der Waals surface area contributed by atoms with Crippen LogP contribution in [0.25, 0.3) is 0 Å². The Bertz CT molecular complexity index is 364. The minimum absolute atomic E-state index is 0.524. The van der Waals surface area contributed by atoms with Crippen LogP contribution in [0.15, 0.2) is 22.7 Å². The Morgan fingerprint density at radius 1 is 1.28 bits per heavy atom. The van der Waals surface area contributed by atoms with Crippen LogP contribution in [-0.2, 0) is 6.54 Å². The molecule has 0 bridgehead atoms. The van der Waals surface area contributed by atoms with E-state index in [2.05, 4.69) is 72.0 Å². The first-order valence-electron chi connectivity index (χ1n) is 6.85. The van der Waals surface area contributed by atoms with E-state index < -0.39 is 0 Å². The van der Waals surface area contributed by atoms with Gasteiger partial charge in [0.25, 0.3) is 0 Å². The van der Waals surface area contributed by atoms with Crippen molar-refractivity contribution in [2.24, 2.45) is 0 Å². The van der Waals surface area contributed by atoms with E-state index in [-0.39, 0.29) is 0 Å². The second-order valence-corrected chi connectivity index (χ2v) is 5.76. The van der Waals surface area contributed by atoms with Gasteiger partial charge in [0.15, 0.2) is 0 Å². The van der Waals surface area contributed by atoms with Crippen LogP contribution in [0, 0.1) is 0 Å². The zero-order valence-electron chi connectivity index (χ0n) is 12.0. The third kappa shape index (κ3) is 4.62. The molecule has 0 unspecified atom stereocenters. The molecule has 1 aromatic rings. The molecule has 102 valence electrons. The van der Waals surface area contributed by atoms with Crippen molar-refractivity contribution in [1.29, 1.82) is 0 Å². The van der Waals surface area contributed by atoms with Gasteiger partial charge in [0.1, 0.15) is 0 Å². The lowest BCUT2D eigenvalue weighted by atomic mass is 10.2. The van der Waals surface area contributed by atoms with Gasteiger partial charge in [0, 0.05) is 30.1 Å². The van der Waals surface area contributed by atoms with Crippen molar-refractivity contribution in [3.63, 3.8) is 0 Å². The van der Waals surface area contributed by atoms with Gasteiger partial charge < -0.3 is 10.2 Å². The molecule has 0 aliphatic heterocycles. The summed E-state index contributed by atoms with van der Waals surface area (Å²) in [5, 5.41) is 3.44. The zero-order valence-corrected chi connectivity index (χ0v) is 13.5. The van der Waals surface area contributed by atoms with Crippen LogP contribution in [0.5, 0.6) is 0 Å². The predicted octanol–water partition coefficient (Wildman–Crippen LogP) is 4.18. The lowest BCUT2D eigenvalue weighted by molar-refractivity contribution is 0.588. The average Bonchev–Trinajstić information content (AvgIpc) is 2.34. The second-order valence-electron chi connectivity index (χ2n) is 4.90. The van der Waals surface area contributed by atoms with Crippen molar-refractivity contribution >= 4 is 21.6 Å². The van der Waals surface area contributed by atoms with Crippen molar-refractivity contribution in [3.05, 3.63) is 28.2 Å². The van der Waals surface area contributed by atoms with Gasteiger partial charge in [-0.15, -0.1) is 0 Å². The fourth-order valence-electron chi connectivity index (χ4n) is 1.96. The summed E-state index contributed by atoms with van der Waals surface area (Å²) < 4.78 is 1.20. The molecule has 0 heterocycles. The van der Waals surface area contributed by atoms with Gasteiger partial charge in [-0.3, -0.25) is 0 Å². The number of rotatable bonds is 7. The Labute approximate surface area is 120 Å². The third-order valence-electron chi connectivity index (χ3n) is 2.94. The highest BCUT2D eigenvalue weighted by atomic mass is 79.9. The Balaban J connectivity index is 2.78. The summed E-state index contributed by atoms with van der Waals surface area (Å²) in [6.07, 6.45) is 1.18. The molecule has 0 amide bonds. The summed E-state index contributed by atoms with van der Waals surface area (Å²) in [6, 6.07) is 7.19. The highest BCUT2D eigenvalue weighted by Crippen LogP contribution is 2.27. The van der Waals surface area contributed by atoms with Gasteiger partial charge in [-0.25, -0.2) is 0 Å². The van der Waals surface area contributed by atoms with Gasteiger partial charge in [0.2, 0.25) is 0 Å². The monoisotopic (exact) mass is 312 g/mol. The highest BCUT2D eigenvalue weighted by Gasteiger charge is 2.08. The first-order chi connectivity index (χ1) is 8.58. The Hall–Kier alpha value is -0.540. The molecule has 0 radical (unpaired) electrons. The molecule has 0 aromatic heterocycles. The van der Waals surface area contributed by atoms with E-state index in [1.165, 1.54) is 22.1 Å². The third-order valence-corrected chi connectivity index (χ3v) is 3.58. The van der Waals surface area contributed by atoms with Gasteiger partial charge in [-0.1, -0.05) is 26.8 Å². The summed E-state index contributed by atoms with van der Waals surface area (Å²) in [5.41, 5.74) is 2.62. The summed E-state index contributed by atoms with van der Waals surface area (Å²) in [4.78, 5) is 2.41. The fourth-order valence-corrected chi connectivity index (χ4v) is 2.63. The maximum atomic E-state index is 3.70.